The fraction of sp³-hybridized carbons (Fsp3) is 0.375. The van der Waals surface area contributed by atoms with E-state index in [-0.39, 0.29) is 16.4 Å². The number of allylic oxidation sites excluding steroid dienone is 3. The number of carbonyl (C=O) groups excluding carboxylic acids is 1. The average Bonchev–Trinajstić information content (AvgIpc) is 1.94. The number of alkyl halides is 1. The molecule has 0 saturated heterocycles. The minimum absolute atomic E-state index is 0.0945. The molecule has 1 unspecified atom stereocenters. The standard InChI is InChI=1S/C8H9BrO2/c1-5(10)7-4-6(9)2-3-8(7)11/h3-4,6,11H,2H2,1H3. The molecule has 0 aromatic carbocycles. The lowest BCUT2D eigenvalue weighted by molar-refractivity contribution is -0.113. The van der Waals surface area contributed by atoms with Gasteiger partial charge in [-0.05, 0) is 19.4 Å². The van der Waals surface area contributed by atoms with Crippen LogP contribution in [0.2, 0.25) is 0 Å². The Hall–Kier alpha value is -0.570. The molecule has 0 aromatic heterocycles. The third-order valence-corrected chi connectivity index (χ3v) is 2.18. The minimum Gasteiger partial charge on any atom is -0.508 e. The fourth-order valence-corrected chi connectivity index (χ4v) is 1.42. The third-order valence-electron chi connectivity index (χ3n) is 1.54. The van der Waals surface area contributed by atoms with Gasteiger partial charge >= 0.3 is 0 Å². The zero-order valence-corrected chi connectivity index (χ0v) is 7.76. The zero-order chi connectivity index (χ0) is 8.43. The highest BCUT2D eigenvalue weighted by Crippen LogP contribution is 2.21. The summed E-state index contributed by atoms with van der Waals surface area (Å²) in [6.07, 6.45) is 4.12. The number of halogens is 1. The van der Waals surface area contributed by atoms with Crippen LogP contribution in [0.3, 0.4) is 0 Å². The summed E-state index contributed by atoms with van der Waals surface area (Å²) in [5, 5.41) is 9.21. The maximum atomic E-state index is 10.9. The Kier molecular flexibility index (Phi) is 2.49. The van der Waals surface area contributed by atoms with Crippen molar-refractivity contribution >= 4 is 21.7 Å². The molecule has 0 aliphatic heterocycles. The van der Waals surface area contributed by atoms with Crippen molar-refractivity contribution in [3.05, 3.63) is 23.5 Å². The van der Waals surface area contributed by atoms with E-state index in [0.29, 0.717) is 5.57 Å². The molecular formula is C8H9BrO2. The molecule has 0 heterocycles. The molecule has 2 nitrogen and oxygen atoms in total. The fourth-order valence-electron chi connectivity index (χ4n) is 0.966. The molecule has 1 aliphatic rings. The summed E-state index contributed by atoms with van der Waals surface area (Å²) < 4.78 is 0. The van der Waals surface area contributed by atoms with E-state index in [1.807, 2.05) is 0 Å². The third kappa shape index (κ3) is 1.93. The van der Waals surface area contributed by atoms with Crippen LogP contribution in [0.4, 0.5) is 0 Å². The second-order valence-electron chi connectivity index (χ2n) is 2.48. The Morgan fingerprint density at radius 1 is 1.82 bits per heavy atom. The highest BCUT2D eigenvalue weighted by atomic mass is 79.9. The summed E-state index contributed by atoms with van der Waals surface area (Å²) in [5.74, 6) is 0.0103. The van der Waals surface area contributed by atoms with Gasteiger partial charge in [0.1, 0.15) is 5.76 Å². The number of hydrogen-bond donors (Lipinski definition) is 1. The highest BCUT2D eigenvalue weighted by Gasteiger charge is 2.15. The van der Waals surface area contributed by atoms with Gasteiger partial charge in [-0.25, -0.2) is 0 Å². The SMILES string of the molecule is CC(=O)C1=CC(Br)CC=C1O. The number of ketones is 1. The molecule has 0 fully saturated rings. The number of hydrogen-bond acceptors (Lipinski definition) is 2. The van der Waals surface area contributed by atoms with Gasteiger partial charge in [-0.2, -0.15) is 0 Å². The van der Waals surface area contributed by atoms with E-state index in [1.54, 1.807) is 12.2 Å². The van der Waals surface area contributed by atoms with Crippen molar-refractivity contribution in [3.63, 3.8) is 0 Å². The first-order valence-electron chi connectivity index (χ1n) is 3.37. The number of rotatable bonds is 1. The molecule has 1 rings (SSSR count). The van der Waals surface area contributed by atoms with Crippen LogP contribution in [0.25, 0.3) is 0 Å². The van der Waals surface area contributed by atoms with Crippen molar-refractivity contribution < 1.29 is 9.90 Å². The second kappa shape index (κ2) is 3.22. The van der Waals surface area contributed by atoms with Crippen molar-refractivity contribution in [3.8, 4) is 0 Å². The number of carbonyl (C=O) groups is 1. The van der Waals surface area contributed by atoms with Gasteiger partial charge in [-0.15, -0.1) is 0 Å². The molecular weight excluding hydrogens is 208 g/mol. The Labute approximate surface area is 73.7 Å². The summed E-state index contributed by atoms with van der Waals surface area (Å²) >= 11 is 3.34. The van der Waals surface area contributed by atoms with Crippen molar-refractivity contribution in [1.29, 1.82) is 0 Å². The van der Waals surface area contributed by atoms with Crippen LogP contribution < -0.4 is 0 Å². The van der Waals surface area contributed by atoms with Crippen molar-refractivity contribution in [2.24, 2.45) is 0 Å². The summed E-state index contributed by atoms with van der Waals surface area (Å²) in [6.45, 7) is 1.45. The van der Waals surface area contributed by atoms with Gasteiger partial charge in [0.2, 0.25) is 0 Å². The van der Waals surface area contributed by atoms with Gasteiger partial charge in [0, 0.05) is 4.83 Å². The van der Waals surface area contributed by atoms with E-state index in [1.165, 1.54) is 6.92 Å². The Bertz CT molecular complexity index is 240. The monoisotopic (exact) mass is 216 g/mol. The van der Waals surface area contributed by atoms with Crippen molar-refractivity contribution in [2.45, 2.75) is 18.2 Å². The molecule has 11 heavy (non-hydrogen) atoms. The molecule has 0 radical (unpaired) electrons. The van der Waals surface area contributed by atoms with Crippen molar-refractivity contribution in [1.82, 2.24) is 0 Å². The first kappa shape index (κ1) is 8.53. The molecule has 1 N–H and O–H groups in total. The first-order chi connectivity index (χ1) is 5.11. The van der Waals surface area contributed by atoms with Gasteiger partial charge in [-0.3, -0.25) is 4.79 Å². The summed E-state index contributed by atoms with van der Waals surface area (Å²) in [7, 11) is 0. The maximum Gasteiger partial charge on any atom is 0.163 e. The van der Waals surface area contributed by atoms with Gasteiger partial charge in [0.15, 0.2) is 5.78 Å². The molecule has 60 valence electrons. The number of aliphatic hydroxyl groups excluding tert-OH is 1. The number of Topliss-reactive ketones (excluding diaryl/α,β-unsaturated/α-hetero) is 1. The Morgan fingerprint density at radius 2 is 2.45 bits per heavy atom. The Morgan fingerprint density at radius 3 is 2.91 bits per heavy atom. The van der Waals surface area contributed by atoms with E-state index in [0.717, 1.165) is 6.42 Å². The van der Waals surface area contributed by atoms with Crippen LogP contribution in [0.5, 0.6) is 0 Å². The van der Waals surface area contributed by atoms with E-state index >= 15 is 0 Å². The molecule has 1 atom stereocenters. The van der Waals surface area contributed by atoms with E-state index in [4.69, 9.17) is 0 Å². The lowest BCUT2D eigenvalue weighted by Crippen LogP contribution is -2.08. The van der Waals surface area contributed by atoms with E-state index in [9.17, 15) is 9.90 Å². The van der Waals surface area contributed by atoms with Crippen molar-refractivity contribution in [2.75, 3.05) is 0 Å². The number of aliphatic hydroxyl groups is 1. The molecule has 0 aromatic rings. The summed E-state index contributed by atoms with van der Waals surface area (Å²) in [6, 6.07) is 0. The summed E-state index contributed by atoms with van der Waals surface area (Å²) in [4.78, 5) is 11.0. The lowest BCUT2D eigenvalue weighted by atomic mass is 10.0. The molecule has 0 amide bonds. The van der Waals surface area contributed by atoms with Crippen LogP contribution in [0, 0.1) is 0 Å². The Balaban J connectivity index is 2.90. The largest absolute Gasteiger partial charge is 0.508 e. The predicted molar refractivity (Wildman–Crippen MR) is 46.8 cm³/mol. The maximum absolute atomic E-state index is 10.9. The molecule has 0 spiro atoms. The normalized spacial score (nSPS) is 24.0. The van der Waals surface area contributed by atoms with Crippen LogP contribution in [-0.4, -0.2) is 15.7 Å². The van der Waals surface area contributed by atoms with Gasteiger partial charge in [0.25, 0.3) is 0 Å². The zero-order valence-electron chi connectivity index (χ0n) is 6.17. The minimum atomic E-state index is -0.0945. The van der Waals surface area contributed by atoms with E-state index < -0.39 is 0 Å². The summed E-state index contributed by atoms with van der Waals surface area (Å²) in [5.41, 5.74) is 0.415. The predicted octanol–water partition coefficient (Wildman–Crippen LogP) is 2.11. The highest BCUT2D eigenvalue weighted by molar-refractivity contribution is 9.09. The molecule has 3 heteroatoms. The topological polar surface area (TPSA) is 37.3 Å². The smallest absolute Gasteiger partial charge is 0.163 e. The van der Waals surface area contributed by atoms with Gasteiger partial charge in [0.05, 0.1) is 5.57 Å². The molecule has 1 aliphatic carbocycles. The van der Waals surface area contributed by atoms with Crippen LogP contribution in [0.15, 0.2) is 23.5 Å². The van der Waals surface area contributed by atoms with Crippen LogP contribution in [-0.2, 0) is 4.79 Å². The van der Waals surface area contributed by atoms with Gasteiger partial charge < -0.3 is 5.11 Å². The lowest BCUT2D eigenvalue weighted by Gasteiger charge is -2.11. The molecule has 0 saturated carbocycles. The van der Waals surface area contributed by atoms with Crippen LogP contribution >= 0.6 is 15.9 Å². The molecule has 0 bridgehead atoms. The van der Waals surface area contributed by atoms with Gasteiger partial charge in [-0.1, -0.05) is 22.0 Å². The first-order valence-corrected chi connectivity index (χ1v) is 4.29. The quantitative estimate of drug-likeness (QED) is 0.683. The average molecular weight is 217 g/mol. The second-order valence-corrected chi connectivity index (χ2v) is 3.65. The van der Waals surface area contributed by atoms with E-state index in [2.05, 4.69) is 15.9 Å². The van der Waals surface area contributed by atoms with Crippen LogP contribution in [0.1, 0.15) is 13.3 Å².